The molecule has 90 valence electrons. The SMILES string of the molecule is NC(=O)c1cc(N2CC3CCC2C3)ccc1N. The highest BCUT2D eigenvalue weighted by molar-refractivity contribution is 5.99. The molecule has 3 rings (SSSR count). The molecule has 1 saturated heterocycles. The number of hydrogen-bond acceptors (Lipinski definition) is 3. The van der Waals surface area contributed by atoms with E-state index in [4.69, 9.17) is 11.5 Å². The van der Waals surface area contributed by atoms with Gasteiger partial charge in [-0.05, 0) is 43.4 Å². The minimum Gasteiger partial charge on any atom is -0.398 e. The van der Waals surface area contributed by atoms with Crippen LogP contribution >= 0.6 is 0 Å². The number of piperidine rings is 1. The summed E-state index contributed by atoms with van der Waals surface area (Å²) in [5, 5.41) is 0. The predicted octanol–water partition coefficient (Wildman–Crippen LogP) is 1.36. The van der Waals surface area contributed by atoms with Crippen LogP contribution in [0.2, 0.25) is 0 Å². The molecule has 0 radical (unpaired) electrons. The van der Waals surface area contributed by atoms with Crippen LogP contribution in [0.25, 0.3) is 0 Å². The number of nitrogens with zero attached hydrogens (tertiary/aromatic N) is 1. The van der Waals surface area contributed by atoms with Crippen molar-refractivity contribution in [3.63, 3.8) is 0 Å². The van der Waals surface area contributed by atoms with Crippen LogP contribution in [0.15, 0.2) is 18.2 Å². The quantitative estimate of drug-likeness (QED) is 0.755. The summed E-state index contributed by atoms with van der Waals surface area (Å²) in [6.45, 7) is 1.10. The van der Waals surface area contributed by atoms with E-state index < -0.39 is 5.91 Å². The van der Waals surface area contributed by atoms with Crippen molar-refractivity contribution in [1.29, 1.82) is 0 Å². The zero-order chi connectivity index (χ0) is 12.0. The number of nitrogens with two attached hydrogens (primary N) is 2. The second-order valence-electron chi connectivity index (χ2n) is 5.12. The number of rotatable bonds is 2. The van der Waals surface area contributed by atoms with E-state index in [0.717, 1.165) is 18.2 Å². The van der Waals surface area contributed by atoms with E-state index in [2.05, 4.69) is 4.90 Å². The normalized spacial score (nSPS) is 26.5. The van der Waals surface area contributed by atoms with Crippen LogP contribution < -0.4 is 16.4 Å². The second-order valence-corrected chi connectivity index (χ2v) is 5.12. The van der Waals surface area contributed by atoms with Crippen molar-refractivity contribution in [3.8, 4) is 0 Å². The molecule has 1 aromatic rings. The van der Waals surface area contributed by atoms with E-state index in [1.54, 1.807) is 6.07 Å². The van der Waals surface area contributed by atoms with Gasteiger partial charge in [0.1, 0.15) is 0 Å². The zero-order valence-electron chi connectivity index (χ0n) is 9.73. The van der Waals surface area contributed by atoms with E-state index in [-0.39, 0.29) is 0 Å². The highest BCUT2D eigenvalue weighted by Crippen LogP contribution is 2.40. The fourth-order valence-corrected chi connectivity index (χ4v) is 3.18. The van der Waals surface area contributed by atoms with Crippen molar-refractivity contribution >= 4 is 17.3 Å². The summed E-state index contributed by atoms with van der Waals surface area (Å²) in [6.07, 6.45) is 3.90. The van der Waals surface area contributed by atoms with Gasteiger partial charge in [-0.2, -0.15) is 0 Å². The molecule has 1 heterocycles. The maximum atomic E-state index is 11.3. The molecule has 0 aromatic heterocycles. The molecule has 1 aromatic carbocycles. The Hall–Kier alpha value is -1.71. The molecular formula is C13H17N3O. The summed E-state index contributed by atoms with van der Waals surface area (Å²) in [6, 6.07) is 6.24. The number of anilines is 2. The van der Waals surface area contributed by atoms with Gasteiger partial charge in [0, 0.05) is 24.0 Å². The minimum atomic E-state index is -0.450. The van der Waals surface area contributed by atoms with Crippen LogP contribution in [-0.4, -0.2) is 18.5 Å². The van der Waals surface area contributed by atoms with Crippen LogP contribution in [0.5, 0.6) is 0 Å². The number of carbonyl (C=O) groups excluding carboxylic acids is 1. The molecule has 2 bridgehead atoms. The molecule has 1 amide bonds. The van der Waals surface area contributed by atoms with Crippen LogP contribution in [0, 0.1) is 5.92 Å². The third-order valence-corrected chi connectivity index (χ3v) is 4.04. The Morgan fingerprint density at radius 2 is 2.18 bits per heavy atom. The molecule has 1 aliphatic heterocycles. The zero-order valence-corrected chi connectivity index (χ0v) is 9.73. The Kier molecular flexibility index (Phi) is 2.24. The fourth-order valence-electron chi connectivity index (χ4n) is 3.18. The Bertz CT molecular complexity index is 472. The topological polar surface area (TPSA) is 72.4 Å². The first-order valence-corrected chi connectivity index (χ1v) is 6.11. The third-order valence-electron chi connectivity index (χ3n) is 4.04. The van der Waals surface area contributed by atoms with E-state index >= 15 is 0 Å². The third kappa shape index (κ3) is 1.64. The van der Waals surface area contributed by atoms with Gasteiger partial charge in [-0.3, -0.25) is 4.79 Å². The average molecular weight is 231 g/mol. The molecule has 1 saturated carbocycles. The van der Waals surface area contributed by atoms with Gasteiger partial charge in [-0.15, -0.1) is 0 Å². The molecule has 2 unspecified atom stereocenters. The molecule has 4 heteroatoms. The van der Waals surface area contributed by atoms with Gasteiger partial charge in [-0.25, -0.2) is 0 Å². The highest BCUT2D eigenvalue weighted by atomic mass is 16.1. The monoisotopic (exact) mass is 231 g/mol. The first-order valence-electron chi connectivity index (χ1n) is 6.11. The summed E-state index contributed by atoms with van der Waals surface area (Å²) < 4.78 is 0. The summed E-state index contributed by atoms with van der Waals surface area (Å²) in [7, 11) is 0. The number of carbonyl (C=O) groups is 1. The largest absolute Gasteiger partial charge is 0.398 e. The fraction of sp³-hybridized carbons (Fsp3) is 0.462. The van der Waals surface area contributed by atoms with Gasteiger partial charge in [-0.1, -0.05) is 0 Å². The smallest absolute Gasteiger partial charge is 0.250 e. The number of amides is 1. The molecule has 0 spiro atoms. The number of nitrogen functional groups attached to an aromatic ring is 1. The highest BCUT2D eigenvalue weighted by Gasteiger charge is 2.37. The lowest BCUT2D eigenvalue weighted by atomic mass is 10.1. The van der Waals surface area contributed by atoms with Gasteiger partial charge < -0.3 is 16.4 Å². The van der Waals surface area contributed by atoms with E-state index in [0.29, 0.717) is 17.3 Å². The van der Waals surface area contributed by atoms with Gasteiger partial charge in [0.2, 0.25) is 0 Å². The van der Waals surface area contributed by atoms with Crippen molar-refractivity contribution in [3.05, 3.63) is 23.8 Å². The molecule has 2 atom stereocenters. The van der Waals surface area contributed by atoms with E-state index in [9.17, 15) is 4.79 Å². The maximum Gasteiger partial charge on any atom is 0.250 e. The molecule has 4 N–H and O–H groups in total. The predicted molar refractivity (Wildman–Crippen MR) is 67.8 cm³/mol. The molecule has 1 aliphatic carbocycles. The van der Waals surface area contributed by atoms with Gasteiger partial charge >= 0.3 is 0 Å². The Labute approximate surface area is 101 Å². The molecule has 2 aliphatic rings. The van der Waals surface area contributed by atoms with Crippen molar-refractivity contribution < 1.29 is 4.79 Å². The van der Waals surface area contributed by atoms with Gasteiger partial charge in [0.05, 0.1) is 5.56 Å². The molecule has 17 heavy (non-hydrogen) atoms. The Morgan fingerprint density at radius 1 is 1.35 bits per heavy atom. The Balaban J connectivity index is 1.93. The first kappa shape index (κ1) is 10.4. The van der Waals surface area contributed by atoms with Crippen molar-refractivity contribution in [2.75, 3.05) is 17.2 Å². The minimum absolute atomic E-state index is 0.435. The summed E-state index contributed by atoms with van der Waals surface area (Å²) in [5.41, 5.74) is 13.0. The van der Waals surface area contributed by atoms with E-state index in [1.165, 1.54) is 19.3 Å². The van der Waals surface area contributed by atoms with Crippen LogP contribution in [0.3, 0.4) is 0 Å². The van der Waals surface area contributed by atoms with Crippen molar-refractivity contribution in [2.24, 2.45) is 11.7 Å². The lowest BCUT2D eigenvalue weighted by Crippen LogP contribution is -2.32. The Morgan fingerprint density at radius 3 is 2.76 bits per heavy atom. The second kappa shape index (κ2) is 3.65. The van der Waals surface area contributed by atoms with Gasteiger partial charge in [0.15, 0.2) is 0 Å². The summed E-state index contributed by atoms with van der Waals surface area (Å²) in [4.78, 5) is 13.7. The summed E-state index contributed by atoms with van der Waals surface area (Å²) in [5.74, 6) is 0.378. The number of hydrogen-bond donors (Lipinski definition) is 2. The lowest BCUT2D eigenvalue weighted by Gasteiger charge is -2.29. The average Bonchev–Trinajstić information content (AvgIpc) is 2.91. The molecule has 2 fully saturated rings. The number of primary amides is 1. The molecular weight excluding hydrogens is 214 g/mol. The maximum absolute atomic E-state index is 11.3. The van der Waals surface area contributed by atoms with Gasteiger partial charge in [0.25, 0.3) is 5.91 Å². The summed E-state index contributed by atoms with van der Waals surface area (Å²) >= 11 is 0. The van der Waals surface area contributed by atoms with Crippen LogP contribution in [0.1, 0.15) is 29.6 Å². The molecule has 4 nitrogen and oxygen atoms in total. The lowest BCUT2D eigenvalue weighted by molar-refractivity contribution is 0.100. The first-order chi connectivity index (χ1) is 8.15. The van der Waals surface area contributed by atoms with Crippen molar-refractivity contribution in [1.82, 2.24) is 0 Å². The number of fused-ring (bicyclic) bond motifs is 2. The van der Waals surface area contributed by atoms with E-state index in [1.807, 2.05) is 12.1 Å². The standard InChI is InChI=1S/C13H17N3O/c14-12-4-3-10(6-11(12)13(15)17)16-7-8-1-2-9(16)5-8/h3-4,6,8-9H,1-2,5,7,14H2,(H2,15,17). The van der Waals surface area contributed by atoms with Crippen molar-refractivity contribution in [2.45, 2.75) is 25.3 Å². The van der Waals surface area contributed by atoms with Crippen LogP contribution in [0.4, 0.5) is 11.4 Å². The number of benzene rings is 1. The van der Waals surface area contributed by atoms with Crippen LogP contribution in [-0.2, 0) is 0 Å².